The minimum atomic E-state index is 0.0859. The van der Waals surface area contributed by atoms with Crippen LogP contribution in [0.15, 0.2) is 0 Å². The molecule has 0 bridgehead atoms. The van der Waals surface area contributed by atoms with E-state index in [1.54, 1.807) is 0 Å². The highest BCUT2D eigenvalue weighted by atomic mass is 15.1. The van der Waals surface area contributed by atoms with Gasteiger partial charge in [0.15, 0.2) is 0 Å². The Morgan fingerprint density at radius 1 is 1.54 bits per heavy atom. The average Bonchev–Trinajstić information content (AvgIpc) is 2.04. The third kappa shape index (κ3) is 2.68. The number of rotatable bonds is 2. The Kier molecular flexibility index (Phi) is 3.71. The Morgan fingerprint density at radius 2 is 2.23 bits per heavy atom. The molecule has 3 heteroatoms. The van der Waals surface area contributed by atoms with Crippen molar-refractivity contribution in [3.05, 3.63) is 0 Å². The first-order valence-corrected chi connectivity index (χ1v) is 4.89. The van der Waals surface area contributed by atoms with E-state index in [1.807, 2.05) is 19.0 Å². The molecule has 74 valence electrons. The first-order valence-electron chi connectivity index (χ1n) is 4.89. The lowest BCUT2D eigenvalue weighted by Crippen LogP contribution is -2.43. The Balaban J connectivity index is 2.54. The van der Waals surface area contributed by atoms with Crippen LogP contribution in [-0.4, -0.2) is 50.1 Å². The number of nitrogens with zero attached hydrogens (tertiary/aromatic N) is 3. The monoisotopic (exact) mass is 181 g/mol. The fraction of sp³-hybridized carbons (Fsp3) is 0.900. The minimum Gasteiger partial charge on any atom is -0.306 e. The first-order chi connectivity index (χ1) is 6.15. The maximum absolute atomic E-state index is 9.02. The molecule has 1 rings (SSSR count). The van der Waals surface area contributed by atoms with Crippen LogP contribution in [0.4, 0.5) is 0 Å². The summed E-state index contributed by atoms with van der Waals surface area (Å²) in [5, 5.41) is 9.02. The van der Waals surface area contributed by atoms with Crippen LogP contribution in [0.1, 0.15) is 12.8 Å². The molecule has 3 nitrogen and oxygen atoms in total. The molecule has 2 atom stereocenters. The molecule has 1 aliphatic heterocycles. The van der Waals surface area contributed by atoms with E-state index in [0.29, 0.717) is 5.92 Å². The largest absolute Gasteiger partial charge is 0.306 e. The van der Waals surface area contributed by atoms with E-state index in [2.05, 4.69) is 18.0 Å². The van der Waals surface area contributed by atoms with Gasteiger partial charge in [0.1, 0.15) is 6.04 Å². The van der Waals surface area contributed by atoms with Gasteiger partial charge < -0.3 is 4.90 Å². The van der Waals surface area contributed by atoms with Crippen LogP contribution in [0.2, 0.25) is 0 Å². The van der Waals surface area contributed by atoms with Crippen molar-refractivity contribution in [3.63, 3.8) is 0 Å². The average molecular weight is 181 g/mol. The summed E-state index contributed by atoms with van der Waals surface area (Å²) >= 11 is 0. The lowest BCUT2D eigenvalue weighted by atomic mass is 9.91. The second-order valence-electron chi connectivity index (χ2n) is 4.20. The number of hydrogen-bond acceptors (Lipinski definition) is 3. The first kappa shape index (κ1) is 10.5. The van der Waals surface area contributed by atoms with E-state index >= 15 is 0 Å². The van der Waals surface area contributed by atoms with Crippen molar-refractivity contribution in [1.29, 1.82) is 5.26 Å². The van der Waals surface area contributed by atoms with Gasteiger partial charge in [-0.25, -0.2) is 0 Å². The van der Waals surface area contributed by atoms with Crippen molar-refractivity contribution in [3.8, 4) is 6.07 Å². The molecule has 0 aromatic rings. The van der Waals surface area contributed by atoms with Crippen molar-refractivity contribution in [2.24, 2.45) is 5.92 Å². The minimum absolute atomic E-state index is 0.0859. The molecular formula is C10H19N3. The van der Waals surface area contributed by atoms with Crippen molar-refractivity contribution in [1.82, 2.24) is 9.80 Å². The van der Waals surface area contributed by atoms with Crippen LogP contribution < -0.4 is 0 Å². The number of piperidine rings is 1. The van der Waals surface area contributed by atoms with Gasteiger partial charge in [-0.1, -0.05) is 0 Å². The van der Waals surface area contributed by atoms with Crippen LogP contribution in [0.5, 0.6) is 0 Å². The topological polar surface area (TPSA) is 30.3 Å². The molecule has 13 heavy (non-hydrogen) atoms. The van der Waals surface area contributed by atoms with Crippen LogP contribution in [-0.2, 0) is 0 Å². The molecule has 0 aromatic heterocycles. The second-order valence-corrected chi connectivity index (χ2v) is 4.20. The Bertz CT molecular complexity index is 195. The van der Waals surface area contributed by atoms with Gasteiger partial charge in [0.2, 0.25) is 0 Å². The normalized spacial score (nSPS) is 27.2. The van der Waals surface area contributed by atoms with Crippen molar-refractivity contribution in [2.45, 2.75) is 18.9 Å². The summed E-state index contributed by atoms with van der Waals surface area (Å²) in [5.41, 5.74) is 0. The molecule has 0 saturated carbocycles. The van der Waals surface area contributed by atoms with Crippen LogP contribution >= 0.6 is 0 Å². The van der Waals surface area contributed by atoms with Gasteiger partial charge >= 0.3 is 0 Å². The van der Waals surface area contributed by atoms with Gasteiger partial charge in [0, 0.05) is 12.5 Å². The Hall–Kier alpha value is -0.590. The molecule has 2 unspecified atom stereocenters. The summed E-state index contributed by atoms with van der Waals surface area (Å²) in [6.07, 6.45) is 2.42. The summed E-state index contributed by atoms with van der Waals surface area (Å²) in [4.78, 5) is 4.35. The maximum atomic E-state index is 9.02. The third-order valence-electron chi connectivity index (χ3n) is 2.80. The fourth-order valence-electron chi connectivity index (χ4n) is 2.11. The van der Waals surface area contributed by atoms with Gasteiger partial charge in [-0.15, -0.1) is 0 Å². The van der Waals surface area contributed by atoms with E-state index in [1.165, 1.54) is 19.4 Å². The smallest absolute Gasteiger partial charge is 0.101 e. The van der Waals surface area contributed by atoms with E-state index in [4.69, 9.17) is 5.26 Å². The molecule has 1 heterocycles. The van der Waals surface area contributed by atoms with Crippen LogP contribution in [0.25, 0.3) is 0 Å². The zero-order valence-electron chi connectivity index (χ0n) is 8.82. The van der Waals surface area contributed by atoms with E-state index < -0.39 is 0 Å². The van der Waals surface area contributed by atoms with E-state index in [9.17, 15) is 0 Å². The van der Waals surface area contributed by atoms with E-state index in [0.717, 1.165) is 6.54 Å². The SMILES string of the molecule is CN1CCCC(C(C#N)N(C)C)C1. The predicted octanol–water partition coefficient (Wildman–Crippen LogP) is 0.782. The lowest BCUT2D eigenvalue weighted by molar-refractivity contribution is 0.149. The molecule has 1 aliphatic rings. The summed E-state index contributed by atoms with van der Waals surface area (Å²) in [6.45, 7) is 2.25. The zero-order valence-corrected chi connectivity index (χ0v) is 8.82. The van der Waals surface area contributed by atoms with Gasteiger partial charge in [-0.3, -0.25) is 4.90 Å². The number of likely N-dealkylation sites (tertiary alicyclic amines) is 1. The highest BCUT2D eigenvalue weighted by molar-refractivity contribution is 4.96. The molecule has 0 aromatic carbocycles. The number of hydrogen-bond donors (Lipinski definition) is 0. The molecular weight excluding hydrogens is 162 g/mol. The van der Waals surface area contributed by atoms with Gasteiger partial charge in [0.05, 0.1) is 6.07 Å². The van der Waals surface area contributed by atoms with Gasteiger partial charge in [-0.2, -0.15) is 5.26 Å². The van der Waals surface area contributed by atoms with E-state index in [-0.39, 0.29) is 6.04 Å². The van der Waals surface area contributed by atoms with Gasteiger partial charge in [0.25, 0.3) is 0 Å². The molecule has 0 N–H and O–H groups in total. The molecule has 0 aliphatic carbocycles. The standard InChI is InChI=1S/C10H19N3/c1-12(2)10(7-11)9-5-4-6-13(3)8-9/h9-10H,4-6,8H2,1-3H3. The van der Waals surface area contributed by atoms with Crippen molar-refractivity contribution >= 4 is 0 Å². The maximum Gasteiger partial charge on any atom is 0.101 e. The van der Waals surface area contributed by atoms with Crippen LogP contribution in [0, 0.1) is 17.2 Å². The summed E-state index contributed by atoms with van der Waals surface area (Å²) < 4.78 is 0. The quantitative estimate of drug-likeness (QED) is 0.630. The van der Waals surface area contributed by atoms with Crippen LogP contribution in [0.3, 0.4) is 0 Å². The van der Waals surface area contributed by atoms with Crippen molar-refractivity contribution in [2.75, 3.05) is 34.2 Å². The Morgan fingerprint density at radius 3 is 2.69 bits per heavy atom. The molecule has 1 fully saturated rings. The van der Waals surface area contributed by atoms with Gasteiger partial charge in [-0.05, 0) is 40.5 Å². The lowest BCUT2D eigenvalue weighted by Gasteiger charge is -2.34. The zero-order chi connectivity index (χ0) is 9.84. The fourth-order valence-corrected chi connectivity index (χ4v) is 2.11. The molecule has 0 radical (unpaired) electrons. The third-order valence-corrected chi connectivity index (χ3v) is 2.80. The summed E-state index contributed by atoms with van der Waals surface area (Å²) in [7, 11) is 6.11. The Labute approximate surface area is 80.9 Å². The molecule has 1 saturated heterocycles. The predicted molar refractivity (Wildman–Crippen MR) is 53.3 cm³/mol. The highest BCUT2D eigenvalue weighted by Crippen LogP contribution is 2.20. The molecule has 0 amide bonds. The molecule has 0 spiro atoms. The van der Waals surface area contributed by atoms with Crippen molar-refractivity contribution < 1.29 is 0 Å². The highest BCUT2D eigenvalue weighted by Gasteiger charge is 2.26. The second kappa shape index (κ2) is 4.59. The summed E-state index contributed by atoms with van der Waals surface area (Å²) in [5.74, 6) is 0.527. The number of nitriles is 1. The summed E-state index contributed by atoms with van der Waals surface area (Å²) in [6, 6.07) is 2.48.